The lowest BCUT2D eigenvalue weighted by atomic mass is 10.0. The summed E-state index contributed by atoms with van der Waals surface area (Å²) in [6, 6.07) is 0. The van der Waals surface area contributed by atoms with Gasteiger partial charge >= 0.3 is 0 Å². The molecule has 0 radical (unpaired) electrons. The van der Waals surface area contributed by atoms with Gasteiger partial charge < -0.3 is 0 Å². The normalized spacial score (nSPS) is 13.9. The summed E-state index contributed by atoms with van der Waals surface area (Å²) >= 11 is 2.32. The fourth-order valence-electron chi connectivity index (χ4n) is 1.23. The van der Waals surface area contributed by atoms with Crippen LogP contribution in [-0.2, 0) is 0 Å². The van der Waals surface area contributed by atoms with Crippen molar-refractivity contribution in [1.29, 1.82) is 0 Å². The molecule has 0 saturated carbocycles. The molecule has 0 fully saturated rings. The molecule has 0 aliphatic carbocycles. The zero-order valence-electron chi connectivity index (χ0n) is 9.59. The Kier molecular flexibility index (Phi) is 8.38. The summed E-state index contributed by atoms with van der Waals surface area (Å²) in [5.41, 5.74) is 2.54. The van der Waals surface area contributed by atoms with E-state index in [0.717, 1.165) is 12.8 Å². The van der Waals surface area contributed by atoms with E-state index in [9.17, 15) is 0 Å². The highest BCUT2D eigenvalue weighted by molar-refractivity contribution is 14.1. The van der Waals surface area contributed by atoms with Crippen molar-refractivity contribution in [3.8, 4) is 0 Å². The van der Waals surface area contributed by atoms with Crippen LogP contribution in [0.25, 0.3) is 0 Å². The van der Waals surface area contributed by atoms with Gasteiger partial charge in [0.1, 0.15) is 0 Å². The van der Waals surface area contributed by atoms with Crippen LogP contribution in [-0.4, -0.2) is 0 Å². The van der Waals surface area contributed by atoms with Gasteiger partial charge in [-0.05, 0) is 66.5 Å². The Morgan fingerprint density at radius 3 is 2.27 bits per heavy atom. The maximum Gasteiger partial charge on any atom is 0.00932 e. The van der Waals surface area contributed by atoms with Crippen molar-refractivity contribution in [2.24, 2.45) is 0 Å². The van der Waals surface area contributed by atoms with Gasteiger partial charge in [0.05, 0.1) is 0 Å². The average molecular weight is 314 g/mol. The Bertz CT molecular complexity index is 303. The van der Waals surface area contributed by atoms with Crippen LogP contribution in [0, 0.1) is 0 Å². The maximum atomic E-state index is 3.86. The van der Waals surface area contributed by atoms with Crippen LogP contribution in [0.1, 0.15) is 26.7 Å². The van der Waals surface area contributed by atoms with Crippen LogP contribution >= 0.6 is 22.6 Å². The molecular weight excluding hydrogens is 295 g/mol. The average Bonchev–Trinajstić information content (AvgIpc) is 2.27. The van der Waals surface area contributed by atoms with Gasteiger partial charge in [0.2, 0.25) is 0 Å². The number of rotatable bonds is 6. The minimum Gasteiger partial charge on any atom is -0.103 e. The second-order valence-electron chi connectivity index (χ2n) is 3.12. The maximum absolute atomic E-state index is 3.86. The molecule has 0 aliphatic rings. The first-order valence-electron chi connectivity index (χ1n) is 5.12. The van der Waals surface area contributed by atoms with Crippen LogP contribution in [0.4, 0.5) is 0 Å². The lowest BCUT2D eigenvalue weighted by molar-refractivity contribution is 0.993. The molecule has 82 valence electrons. The van der Waals surface area contributed by atoms with Crippen LogP contribution in [0.3, 0.4) is 0 Å². The SMILES string of the molecule is C=CCCC(=C\C)/C(C=C)=C/C(I)=C\C. The second-order valence-corrected chi connectivity index (χ2v) is 4.36. The topological polar surface area (TPSA) is 0 Å². The van der Waals surface area contributed by atoms with E-state index in [4.69, 9.17) is 0 Å². The molecule has 0 saturated heterocycles. The molecule has 15 heavy (non-hydrogen) atoms. The molecule has 1 heteroatoms. The highest BCUT2D eigenvalue weighted by Crippen LogP contribution is 2.21. The van der Waals surface area contributed by atoms with Gasteiger partial charge in [-0.1, -0.05) is 30.9 Å². The molecule has 0 rings (SSSR count). The predicted octanol–water partition coefficient (Wildman–Crippen LogP) is 5.35. The first kappa shape index (κ1) is 14.4. The number of hydrogen-bond donors (Lipinski definition) is 0. The van der Waals surface area contributed by atoms with Crippen molar-refractivity contribution in [2.75, 3.05) is 0 Å². The molecular formula is C14H19I. The minimum atomic E-state index is 1.01. The number of halogens is 1. The molecule has 0 unspecified atom stereocenters. The van der Waals surface area contributed by atoms with Crippen LogP contribution in [0.15, 0.2) is 58.3 Å². The molecule has 0 aromatic carbocycles. The number of hydrogen-bond acceptors (Lipinski definition) is 0. The van der Waals surface area contributed by atoms with Crippen molar-refractivity contribution in [1.82, 2.24) is 0 Å². The van der Waals surface area contributed by atoms with Gasteiger partial charge in [0, 0.05) is 3.58 Å². The fraction of sp³-hybridized carbons (Fsp3) is 0.286. The van der Waals surface area contributed by atoms with Crippen LogP contribution in [0.5, 0.6) is 0 Å². The first-order chi connectivity index (χ1) is 7.19. The summed E-state index contributed by atoms with van der Waals surface area (Å²) in [4.78, 5) is 0. The molecule has 0 atom stereocenters. The first-order valence-corrected chi connectivity index (χ1v) is 6.19. The highest BCUT2D eigenvalue weighted by Gasteiger charge is 2.00. The van der Waals surface area contributed by atoms with Crippen molar-refractivity contribution < 1.29 is 0 Å². The van der Waals surface area contributed by atoms with E-state index in [0.29, 0.717) is 0 Å². The van der Waals surface area contributed by atoms with E-state index in [2.05, 4.69) is 60.9 Å². The Balaban J connectivity index is 4.85. The predicted molar refractivity (Wildman–Crippen MR) is 79.2 cm³/mol. The molecule has 0 amide bonds. The van der Waals surface area contributed by atoms with Crippen LogP contribution < -0.4 is 0 Å². The van der Waals surface area contributed by atoms with Gasteiger partial charge in [-0.3, -0.25) is 0 Å². The zero-order valence-corrected chi connectivity index (χ0v) is 11.8. The van der Waals surface area contributed by atoms with E-state index in [1.807, 2.05) is 19.1 Å². The standard InChI is InChI=1S/C14H19I/c1-5-9-10-12(6-2)13(7-3)11-14(15)8-4/h5-8,11H,1,3,9-10H2,2,4H3/b12-6+,13-11+,14-8+. The zero-order chi connectivity index (χ0) is 11.7. The van der Waals surface area contributed by atoms with E-state index in [-0.39, 0.29) is 0 Å². The molecule has 0 spiro atoms. The van der Waals surface area contributed by atoms with E-state index < -0.39 is 0 Å². The van der Waals surface area contributed by atoms with Crippen molar-refractivity contribution in [2.45, 2.75) is 26.7 Å². The summed E-state index contributed by atoms with van der Waals surface area (Å²) in [5.74, 6) is 0. The Morgan fingerprint density at radius 2 is 1.87 bits per heavy atom. The Hall–Kier alpha value is -0.570. The molecule has 0 heterocycles. The lowest BCUT2D eigenvalue weighted by Gasteiger charge is -2.06. The van der Waals surface area contributed by atoms with Gasteiger partial charge in [0.25, 0.3) is 0 Å². The van der Waals surface area contributed by atoms with Crippen LogP contribution in [0.2, 0.25) is 0 Å². The van der Waals surface area contributed by atoms with Crippen molar-refractivity contribution in [3.05, 3.63) is 58.3 Å². The molecule has 0 nitrogen and oxygen atoms in total. The van der Waals surface area contributed by atoms with Gasteiger partial charge in [-0.25, -0.2) is 0 Å². The third-order valence-electron chi connectivity index (χ3n) is 2.13. The van der Waals surface area contributed by atoms with Gasteiger partial charge in [-0.2, -0.15) is 0 Å². The smallest absolute Gasteiger partial charge is 0.00932 e. The summed E-state index contributed by atoms with van der Waals surface area (Å²) in [7, 11) is 0. The Morgan fingerprint density at radius 1 is 1.20 bits per heavy atom. The van der Waals surface area contributed by atoms with Crippen molar-refractivity contribution >= 4 is 22.6 Å². The fourth-order valence-corrected chi connectivity index (χ4v) is 1.56. The second kappa shape index (κ2) is 8.72. The number of allylic oxidation sites excluding steroid dienone is 8. The monoisotopic (exact) mass is 314 g/mol. The molecule has 0 N–H and O–H groups in total. The molecule has 0 aliphatic heterocycles. The minimum absolute atomic E-state index is 1.01. The van der Waals surface area contributed by atoms with E-state index in [1.54, 1.807) is 0 Å². The lowest BCUT2D eigenvalue weighted by Crippen LogP contribution is -1.87. The highest BCUT2D eigenvalue weighted by atomic mass is 127. The quantitative estimate of drug-likeness (QED) is 0.352. The summed E-state index contributed by atoms with van der Waals surface area (Å²) in [6.07, 6.45) is 12.3. The summed E-state index contributed by atoms with van der Waals surface area (Å²) in [6.45, 7) is 11.7. The summed E-state index contributed by atoms with van der Waals surface area (Å²) in [5, 5.41) is 0. The molecule has 0 aromatic heterocycles. The van der Waals surface area contributed by atoms with Gasteiger partial charge in [-0.15, -0.1) is 6.58 Å². The Labute approximate surface area is 107 Å². The molecule has 0 bridgehead atoms. The van der Waals surface area contributed by atoms with E-state index in [1.165, 1.54) is 14.7 Å². The summed E-state index contributed by atoms with van der Waals surface area (Å²) < 4.78 is 1.24. The van der Waals surface area contributed by atoms with E-state index >= 15 is 0 Å². The molecule has 0 aromatic rings. The van der Waals surface area contributed by atoms with Gasteiger partial charge in [0.15, 0.2) is 0 Å². The largest absolute Gasteiger partial charge is 0.103 e. The third kappa shape index (κ3) is 5.78. The third-order valence-corrected chi connectivity index (χ3v) is 3.06. The van der Waals surface area contributed by atoms with Crippen molar-refractivity contribution in [3.63, 3.8) is 0 Å².